The Morgan fingerprint density at radius 2 is 1.59 bits per heavy atom. The van der Waals surface area contributed by atoms with E-state index in [1.807, 2.05) is 54.6 Å². The number of rotatable bonds is 6. The Morgan fingerprint density at radius 1 is 0.938 bits per heavy atom. The van der Waals surface area contributed by atoms with Crippen LogP contribution < -0.4 is 5.32 Å². The number of hydrogen-bond acceptors (Lipinski definition) is 4. The molecule has 0 aromatic heterocycles. The van der Waals surface area contributed by atoms with Gasteiger partial charge in [0.1, 0.15) is 6.54 Å². The lowest BCUT2D eigenvalue weighted by atomic mass is 9.73. The molecule has 2 aliphatic rings. The van der Waals surface area contributed by atoms with Gasteiger partial charge >= 0.3 is 5.97 Å². The number of piperidine rings is 1. The summed E-state index contributed by atoms with van der Waals surface area (Å²) in [5.41, 5.74) is 3.08. The molecule has 4 rings (SSSR count). The fourth-order valence-corrected chi connectivity index (χ4v) is 4.81. The molecular formula is C25H26N2O5. The lowest BCUT2D eigenvalue weighted by Gasteiger charge is -2.45. The van der Waals surface area contributed by atoms with E-state index in [4.69, 9.17) is 5.11 Å². The van der Waals surface area contributed by atoms with Crippen LogP contribution in [0.1, 0.15) is 31.2 Å². The molecule has 1 saturated heterocycles. The SMILES string of the molecule is O=C(O)CNC(=O)C1C(=O)[C@@H]2CCCCC2N(Cc2ccc(-c3ccccc3)cc2)C1=O. The third-order valence-electron chi connectivity index (χ3n) is 6.40. The highest BCUT2D eigenvalue weighted by Crippen LogP contribution is 2.37. The molecule has 2 aromatic rings. The molecule has 2 unspecified atom stereocenters. The van der Waals surface area contributed by atoms with Gasteiger partial charge in [-0.05, 0) is 29.5 Å². The Bertz CT molecular complexity index is 1020. The molecule has 0 bridgehead atoms. The van der Waals surface area contributed by atoms with E-state index < -0.39 is 30.2 Å². The minimum absolute atomic E-state index is 0.221. The molecule has 1 heterocycles. The van der Waals surface area contributed by atoms with Gasteiger partial charge in [0.25, 0.3) is 0 Å². The Kier molecular flexibility index (Phi) is 6.35. The fourth-order valence-electron chi connectivity index (χ4n) is 4.81. The summed E-state index contributed by atoms with van der Waals surface area (Å²) < 4.78 is 0. The standard InChI is InChI=1S/C25H26N2O5/c28-21(29)14-26-24(31)22-23(30)19-8-4-5-9-20(19)27(25(22)32)15-16-10-12-18(13-11-16)17-6-2-1-3-7-17/h1-3,6-7,10-13,19-20,22H,4-5,8-9,14-15H2,(H,26,31)(H,28,29)/t19-,20?,22?/m1/s1. The van der Waals surface area contributed by atoms with Crippen LogP contribution in [0.25, 0.3) is 11.1 Å². The summed E-state index contributed by atoms with van der Waals surface area (Å²) in [6.07, 6.45) is 3.18. The van der Waals surface area contributed by atoms with E-state index in [0.717, 1.165) is 36.0 Å². The number of carboxylic acid groups (broad SMARTS) is 1. The highest BCUT2D eigenvalue weighted by Gasteiger charge is 2.51. The maximum absolute atomic E-state index is 13.3. The van der Waals surface area contributed by atoms with Gasteiger partial charge in [-0.1, -0.05) is 67.4 Å². The van der Waals surface area contributed by atoms with Crippen LogP contribution in [0.4, 0.5) is 0 Å². The van der Waals surface area contributed by atoms with E-state index in [2.05, 4.69) is 5.32 Å². The number of hydrogen-bond donors (Lipinski definition) is 2. The van der Waals surface area contributed by atoms with Crippen LogP contribution in [-0.2, 0) is 25.7 Å². The van der Waals surface area contributed by atoms with Crippen LogP contribution in [-0.4, -0.2) is 46.2 Å². The molecule has 2 aromatic carbocycles. The Labute approximate surface area is 186 Å². The minimum Gasteiger partial charge on any atom is -0.480 e. The van der Waals surface area contributed by atoms with Gasteiger partial charge in [0.15, 0.2) is 11.7 Å². The van der Waals surface area contributed by atoms with Crippen LogP contribution in [0.5, 0.6) is 0 Å². The molecule has 1 saturated carbocycles. The average Bonchev–Trinajstić information content (AvgIpc) is 2.81. The minimum atomic E-state index is -1.47. The molecule has 0 radical (unpaired) electrons. The summed E-state index contributed by atoms with van der Waals surface area (Å²) in [6.45, 7) is -0.310. The monoisotopic (exact) mass is 434 g/mol. The van der Waals surface area contributed by atoms with Crippen LogP contribution >= 0.6 is 0 Å². The number of fused-ring (bicyclic) bond motifs is 1. The van der Waals surface area contributed by atoms with E-state index in [0.29, 0.717) is 13.0 Å². The first-order valence-corrected chi connectivity index (χ1v) is 10.9. The number of aliphatic carboxylic acids is 1. The molecule has 1 aliphatic heterocycles. The molecule has 1 aliphatic carbocycles. The van der Waals surface area contributed by atoms with Crippen molar-refractivity contribution in [3.05, 3.63) is 60.2 Å². The van der Waals surface area contributed by atoms with Gasteiger partial charge in [0, 0.05) is 18.5 Å². The van der Waals surface area contributed by atoms with Crippen molar-refractivity contribution >= 4 is 23.6 Å². The van der Waals surface area contributed by atoms with Crippen molar-refractivity contribution in [2.24, 2.45) is 11.8 Å². The fraction of sp³-hybridized carbons (Fsp3) is 0.360. The first-order chi connectivity index (χ1) is 15.5. The van der Waals surface area contributed by atoms with Crippen molar-refractivity contribution in [2.45, 2.75) is 38.3 Å². The quantitative estimate of drug-likeness (QED) is 0.681. The first kappa shape index (κ1) is 21.7. The predicted molar refractivity (Wildman–Crippen MR) is 117 cm³/mol. The van der Waals surface area contributed by atoms with Crippen molar-refractivity contribution in [3.8, 4) is 11.1 Å². The van der Waals surface area contributed by atoms with Crippen molar-refractivity contribution in [1.82, 2.24) is 10.2 Å². The highest BCUT2D eigenvalue weighted by molar-refractivity contribution is 6.20. The van der Waals surface area contributed by atoms with E-state index in [-0.39, 0.29) is 17.7 Å². The van der Waals surface area contributed by atoms with E-state index in [1.54, 1.807) is 4.90 Å². The average molecular weight is 434 g/mol. The van der Waals surface area contributed by atoms with Crippen molar-refractivity contribution in [3.63, 3.8) is 0 Å². The van der Waals surface area contributed by atoms with E-state index in [9.17, 15) is 19.2 Å². The number of Topliss-reactive ketones (excluding diaryl/α,β-unsaturated/α-hetero) is 1. The summed E-state index contributed by atoms with van der Waals surface area (Å²) in [6, 6.07) is 17.7. The number of benzene rings is 2. The second kappa shape index (κ2) is 9.34. The Balaban J connectivity index is 1.56. The number of carboxylic acids is 1. The number of amides is 2. The van der Waals surface area contributed by atoms with Gasteiger partial charge in [-0.2, -0.15) is 0 Å². The lowest BCUT2D eigenvalue weighted by molar-refractivity contribution is -0.160. The molecule has 2 fully saturated rings. The number of likely N-dealkylation sites (tertiary alicyclic amines) is 1. The summed E-state index contributed by atoms with van der Waals surface area (Å²) >= 11 is 0. The molecule has 7 heteroatoms. The highest BCUT2D eigenvalue weighted by atomic mass is 16.4. The third kappa shape index (κ3) is 4.42. The first-order valence-electron chi connectivity index (χ1n) is 10.9. The van der Waals surface area contributed by atoms with Crippen LogP contribution in [0.15, 0.2) is 54.6 Å². The van der Waals surface area contributed by atoms with Crippen LogP contribution in [0.3, 0.4) is 0 Å². The van der Waals surface area contributed by atoms with Crippen LogP contribution in [0, 0.1) is 11.8 Å². The zero-order chi connectivity index (χ0) is 22.7. The summed E-state index contributed by atoms with van der Waals surface area (Å²) in [5.74, 6) is -4.81. The van der Waals surface area contributed by atoms with E-state index in [1.165, 1.54) is 0 Å². The smallest absolute Gasteiger partial charge is 0.322 e. The van der Waals surface area contributed by atoms with Crippen LogP contribution in [0.2, 0.25) is 0 Å². The van der Waals surface area contributed by atoms with Crippen molar-refractivity contribution < 1.29 is 24.3 Å². The zero-order valence-electron chi connectivity index (χ0n) is 17.7. The number of nitrogens with zero attached hydrogens (tertiary/aromatic N) is 1. The zero-order valence-corrected chi connectivity index (χ0v) is 17.7. The second-order valence-electron chi connectivity index (χ2n) is 8.43. The van der Waals surface area contributed by atoms with Crippen molar-refractivity contribution in [2.75, 3.05) is 6.54 Å². The van der Waals surface area contributed by atoms with Gasteiger partial charge < -0.3 is 15.3 Å². The van der Waals surface area contributed by atoms with Gasteiger partial charge in [-0.3, -0.25) is 19.2 Å². The number of nitrogens with one attached hydrogen (secondary N) is 1. The molecule has 166 valence electrons. The number of ketones is 1. The topological polar surface area (TPSA) is 104 Å². The normalized spacial score (nSPS) is 22.9. The second-order valence-corrected chi connectivity index (χ2v) is 8.43. The molecule has 2 amide bonds. The Hall–Kier alpha value is -3.48. The largest absolute Gasteiger partial charge is 0.480 e. The molecular weight excluding hydrogens is 408 g/mol. The Morgan fingerprint density at radius 3 is 2.28 bits per heavy atom. The maximum atomic E-state index is 13.3. The number of carbonyl (C=O) groups is 4. The summed E-state index contributed by atoms with van der Waals surface area (Å²) in [7, 11) is 0. The lowest BCUT2D eigenvalue weighted by Crippen LogP contribution is -2.61. The van der Waals surface area contributed by atoms with E-state index >= 15 is 0 Å². The molecule has 3 atom stereocenters. The van der Waals surface area contributed by atoms with Crippen molar-refractivity contribution in [1.29, 1.82) is 0 Å². The maximum Gasteiger partial charge on any atom is 0.322 e. The predicted octanol–water partition coefficient (Wildman–Crippen LogP) is 2.64. The van der Waals surface area contributed by atoms with Gasteiger partial charge in [0.2, 0.25) is 11.8 Å². The number of carbonyl (C=O) groups excluding carboxylic acids is 3. The van der Waals surface area contributed by atoms with Gasteiger partial charge in [-0.15, -0.1) is 0 Å². The summed E-state index contributed by atoms with van der Waals surface area (Å²) in [4.78, 5) is 51.3. The molecule has 2 N–H and O–H groups in total. The molecule has 7 nitrogen and oxygen atoms in total. The van der Waals surface area contributed by atoms with Gasteiger partial charge in [-0.25, -0.2) is 0 Å². The molecule has 0 spiro atoms. The van der Waals surface area contributed by atoms with Gasteiger partial charge in [0.05, 0.1) is 0 Å². The molecule has 32 heavy (non-hydrogen) atoms. The third-order valence-corrected chi connectivity index (χ3v) is 6.40. The summed E-state index contributed by atoms with van der Waals surface area (Å²) in [5, 5.41) is 11.0.